The molecule has 0 amide bonds. The van der Waals surface area contributed by atoms with E-state index in [1.54, 1.807) is 12.3 Å². The average Bonchev–Trinajstić information content (AvgIpc) is 2.62. The zero-order chi connectivity index (χ0) is 17.7. The van der Waals surface area contributed by atoms with Crippen molar-refractivity contribution in [1.82, 2.24) is 15.2 Å². The highest BCUT2D eigenvalue weighted by molar-refractivity contribution is 5.85. The van der Waals surface area contributed by atoms with Crippen molar-refractivity contribution < 1.29 is 17.9 Å². The van der Waals surface area contributed by atoms with Crippen molar-refractivity contribution in [1.29, 1.82) is 0 Å². The van der Waals surface area contributed by atoms with Crippen LogP contribution >= 0.6 is 12.4 Å². The van der Waals surface area contributed by atoms with Gasteiger partial charge in [-0.05, 0) is 23.8 Å². The highest BCUT2D eigenvalue weighted by Crippen LogP contribution is 2.35. The van der Waals surface area contributed by atoms with Gasteiger partial charge in [0.05, 0.1) is 5.56 Å². The van der Waals surface area contributed by atoms with E-state index >= 15 is 0 Å². The molecule has 2 aromatic rings. The minimum atomic E-state index is -4.41. The number of hydrogen-bond acceptors (Lipinski definition) is 4. The van der Waals surface area contributed by atoms with Crippen LogP contribution in [0.25, 0.3) is 0 Å². The summed E-state index contributed by atoms with van der Waals surface area (Å²) in [7, 11) is 0. The number of pyridine rings is 1. The maximum atomic E-state index is 13.0. The highest BCUT2D eigenvalue weighted by Gasteiger charge is 2.34. The van der Waals surface area contributed by atoms with Crippen LogP contribution in [0, 0.1) is 0 Å². The molecule has 26 heavy (non-hydrogen) atoms. The Morgan fingerprint density at radius 1 is 1.19 bits per heavy atom. The van der Waals surface area contributed by atoms with E-state index in [-0.39, 0.29) is 30.8 Å². The van der Waals surface area contributed by atoms with Crippen molar-refractivity contribution >= 4 is 12.4 Å². The largest absolute Gasteiger partial charge is 0.492 e. The first-order chi connectivity index (χ1) is 12.1. The summed E-state index contributed by atoms with van der Waals surface area (Å²) in [5, 5.41) is 3.34. The smallest absolute Gasteiger partial charge is 0.419 e. The Bertz CT molecular complexity index is 685. The lowest BCUT2D eigenvalue weighted by molar-refractivity contribution is -0.139. The Labute approximate surface area is 156 Å². The third kappa shape index (κ3) is 5.09. The van der Waals surface area contributed by atoms with Gasteiger partial charge in [-0.15, -0.1) is 12.4 Å². The van der Waals surface area contributed by atoms with Crippen LogP contribution in [-0.4, -0.2) is 42.7 Å². The third-order valence-corrected chi connectivity index (χ3v) is 4.25. The molecule has 0 aliphatic carbocycles. The number of rotatable bonds is 5. The number of piperazine rings is 1. The molecule has 1 unspecified atom stereocenters. The molecule has 0 spiro atoms. The summed E-state index contributed by atoms with van der Waals surface area (Å²) >= 11 is 0. The van der Waals surface area contributed by atoms with Crippen LogP contribution in [0.4, 0.5) is 13.2 Å². The SMILES string of the molecule is Cl.FC(F)(F)c1ccccc1OCCN1CCNCC1c1cccnc1. The lowest BCUT2D eigenvalue weighted by Gasteiger charge is -2.36. The lowest BCUT2D eigenvalue weighted by atomic mass is 10.1. The second-order valence-electron chi connectivity index (χ2n) is 5.88. The molecular formula is C18H21ClF3N3O. The Morgan fingerprint density at radius 2 is 2.00 bits per heavy atom. The van der Waals surface area contributed by atoms with Crippen LogP contribution in [0.2, 0.25) is 0 Å². The number of ether oxygens (including phenoxy) is 1. The van der Waals surface area contributed by atoms with Gasteiger partial charge in [0, 0.05) is 44.6 Å². The molecule has 2 heterocycles. The fourth-order valence-corrected chi connectivity index (χ4v) is 3.02. The van der Waals surface area contributed by atoms with E-state index in [0.717, 1.165) is 31.3 Å². The standard InChI is InChI=1S/C18H20F3N3O.ClH/c19-18(20,21)15-5-1-2-6-17(15)25-11-10-24-9-8-23-13-16(24)14-4-3-7-22-12-14;/h1-7,12,16,23H,8-11,13H2;1H. The number of alkyl halides is 3. The molecule has 0 saturated carbocycles. The Morgan fingerprint density at radius 3 is 2.73 bits per heavy atom. The predicted molar refractivity (Wildman–Crippen MR) is 95.6 cm³/mol. The summed E-state index contributed by atoms with van der Waals surface area (Å²) < 4.78 is 44.5. The number of halogens is 4. The number of benzene rings is 1. The van der Waals surface area contributed by atoms with Gasteiger partial charge < -0.3 is 10.1 Å². The molecule has 0 radical (unpaired) electrons. The normalized spacial score (nSPS) is 18.2. The van der Waals surface area contributed by atoms with Crippen LogP contribution in [0.3, 0.4) is 0 Å². The average molecular weight is 388 g/mol. The summed E-state index contributed by atoms with van der Waals surface area (Å²) in [4.78, 5) is 6.36. The molecule has 1 saturated heterocycles. The molecule has 142 valence electrons. The molecule has 1 aromatic carbocycles. The number of nitrogens with one attached hydrogen (secondary N) is 1. The zero-order valence-corrected chi connectivity index (χ0v) is 14.9. The van der Waals surface area contributed by atoms with Crippen molar-refractivity contribution in [3.05, 3.63) is 59.9 Å². The minimum absolute atomic E-state index is 0. The number of para-hydroxylation sites is 1. The molecule has 1 fully saturated rings. The molecule has 0 bridgehead atoms. The van der Waals surface area contributed by atoms with Gasteiger partial charge >= 0.3 is 6.18 Å². The Hall–Kier alpha value is -1.83. The summed E-state index contributed by atoms with van der Waals surface area (Å²) in [6, 6.07) is 9.36. The van der Waals surface area contributed by atoms with Crippen LogP contribution in [0.1, 0.15) is 17.2 Å². The van der Waals surface area contributed by atoms with E-state index < -0.39 is 11.7 Å². The van der Waals surface area contributed by atoms with E-state index in [9.17, 15) is 13.2 Å². The van der Waals surface area contributed by atoms with Gasteiger partial charge in [-0.25, -0.2) is 0 Å². The van der Waals surface area contributed by atoms with Crippen molar-refractivity contribution in [2.24, 2.45) is 0 Å². The maximum absolute atomic E-state index is 13.0. The van der Waals surface area contributed by atoms with E-state index in [4.69, 9.17) is 4.74 Å². The molecule has 4 nitrogen and oxygen atoms in total. The van der Waals surface area contributed by atoms with Crippen LogP contribution in [0.15, 0.2) is 48.8 Å². The fourth-order valence-electron chi connectivity index (χ4n) is 3.02. The van der Waals surface area contributed by atoms with Gasteiger partial charge in [0.2, 0.25) is 0 Å². The first-order valence-corrected chi connectivity index (χ1v) is 8.19. The van der Waals surface area contributed by atoms with Crippen LogP contribution in [-0.2, 0) is 6.18 Å². The summed E-state index contributed by atoms with van der Waals surface area (Å²) in [5.41, 5.74) is 0.351. The fraction of sp³-hybridized carbons (Fsp3) is 0.389. The topological polar surface area (TPSA) is 37.4 Å². The van der Waals surface area contributed by atoms with E-state index in [1.807, 2.05) is 18.3 Å². The van der Waals surface area contributed by atoms with Gasteiger partial charge in [-0.1, -0.05) is 18.2 Å². The second kappa shape index (κ2) is 9.21. The van der Waals surface area contributed by atoms with Gasteiger partial charge in [0.1, 0.15) is 12.4 Å². The van der Waals surface area contributed by atoms with E-state index in [0.29, 0.717) is 6.54 Å². The van der Waals surface area contributed by atoms with Gasteiger partial charge in [-0.3, -0.25) is 9.88 Å². The highest BCUT2D eigenvalue weighted by atomic mass is 35.5. The van der Waals surface area contributed by atoms with Crippen molar-refractivity contribution in [3.8, 4) is 5.75 Å². The molecule has 1 atom stereocenters. The summed E-state index contributed by atoms with van der Waals surface area (Å²) in [5.74, 6) is -0.122. The van der Waals surface area contributed by atoms with Gasteiger partial charge in [0.15, 0.2) is 0 Å². The van der Waals surface area contributed by atoms with Crippen molar-refractivity contribution in [3.63, 3.8) is 0 Å². The monoisotopic (exact) mass is 387 g/mol. The summed E-state index contributed by atoms with van der Waals surface area (Å²) in [6.45, 7) is 3.18. The van der Waals surface area contributed by atoms with E-state index in [1.165, 1.54) is 12.1 Å². The quantitative estimate of drug-likeness (QED) is 0.851. The van der Waals surface area contributed by atoms with Gasteiger partial charge in [-0.2, -0.15) is 13.2 Å². The Kier molecular flexibility index (Phi) is 7.25. The molecule has 1 aliphatic heterocycles. The van der Waals surface area contributed by atoms with Crippen molar-refractivity contribution in [2.45, 2.75) is 12.2 Å². The first-order valence-electron chi connectivity index (χ1n) is 8.19. The molecule has 1 aromatic heterocycles. The Balaban J connectivity index is 0.00000243. The van der Waals surface area contributed by atoms with Crippen LogP contribution < -0.4 is 10.1 Å². The van der Waals surface area contributed by atoms with Crippen molar-refractivity contribution in [2.75, 3.05) is 32.8 Å². The van der Waals surface area contributed by atoms with Crippen LogP contribution in [0.5, 0.6) is 5.75 Å². The number of nitrogens with zero attached hydrogens (tertiary/aromatic N) is 2. The van der Waals surface area contributed by atoms with E-state index in [2.05, 4.69) is 15.2 Å². The first kappa shape index (κ1) is 20.5. The van der Waals surface area contributed by atoms with Gasteiger partial charge in [0.25, 0.3) is 0 Å². The molecule has 1 aliphatic rings. The number of aromatic nitrogens is 1. The molecular weight excluding hydrogens is 367 g/mol. The molecule has 8 heteroatoms. The molecule has 1 N–H and O–H groups in total. The third-order valence-electron chi connectivity index (χ3n) is 4.25. The maximum Gasteiger partial charge on any atom is 0.419 e. The zero-order valence-electron chi connectivity index (χ0n) is 14.1. The second-order valence-corrected chi connectivity index (χ2v) is 5.88. The predicted octanol–water partition coefficient (Wildman–Crippen LogP) is 3.55. The summed E-state index contributed by atoms with van der Waals surface area (Å²) in [6.07, 6.45) is -0.865. The molecule has 3 rings (SSSR count). The minimum Gasteiger partial charge on any atom is -0.492 e. The number of hydrogen-bond donors (Lipinski definition) is 1. The lowest BCUT2D eigenvalue weighted by Crippen LogP contribution is -2.47.